The first-order chi connectivity index (χ1) is 10.5. The zero-order valence-electron chi connectivity index (χ0n) is 12.5. The molecule has 0 unspecified atom stereocenters. The van der Waals surface area contributed by atoms with Crippen molar-refractivity contribution in [1.29, 1.82) is 0 Å². The summed E-state index contributed by atoms with van der Waals surface area (Å²) in [5, 5.41) is 2.52. The summed E-state index contributed by atoms with van der Waals surface area (Å²) < 4.78 is 10.3. The minimum absolute atomic E-state index is 0.00612. The third-order valence-corrected chi connectivity index (χ3v) is 3.31. The predicted octanol–water partition coefficient (Wildman–Crippen LogP) is 0.721. The van der Waals surface area contributed by atoms with Gasteiger partial charge in [0.1, 0.15) is 5.75 Å². The maximum atomic E-state index is 12.0. The summed E-state index contributed by atoms with van der Waals surface area (Å²) in [6.45, 7) is 2.15. The average molecular weight is 306 g/mol. The predicted molar refractivity (Wildman–Crippen MR) is 77.4 cm³/mol. The molecule has 0 saturated carbocycles. The molecular weight excluding hydrogens is 288 g/mol. The van der Waals surface area contributed by atoms with Crippen LogP contribution in [-0.2, 0) is 20.7 Å². The summed E-state index contributed by atoms with van der Waals surface area (Å²) in [7, 11) is 1.52. The molecule has 1 aliphatic heterocycles. The molecule has 1 aromatic carbocycles. The molecule has 0 spiro atoms. The van der Waals surface area contributed by atoms with Crippen LogP contribution in [0.2, 0.25) is 0 Å². The molecule has 7 nitrogen and oxygen atoms in total. The summed E-state index contributed by atoms with van der Waals surface area (Å²) in [4.78, 5) is 36.4. The first-order valence-corrected chi connectivity index (χ1v) is 6.93. The van der Waals surface area contributed by atoms with Crippen molar-refractivity contribution < 1.29 is 23.9 Å². The van der Waals surface area contributed by atoms with Gasteiger partial charge in [0, 0.05) is 18.7 Å². The third kappa shape index (κ3) is 3.55. The van der Waals surface area contributed by atoms with Crippen LogP contribution in [0.15, 0.2) is 24.3 Å². The molecule has 1 fully saturated rings. The van der Waals surface area contributed by atoms with Gasteiger partial charge in [0.15, 0.2) is 6.10 Å². The number of hydrogen-bond donors (Lipinski definition) is 1. The van der Waals surface area contributed by atoms with Crippen molar-refractivity contribution >= 4 is 17.9 Å². The molecule has 1 atom stereocenters. The normalized spacial score (nSPS) is 15.2. The van der Waals surface area contributed by atoms with Gasteiger partial charge < -0.3 is 14.8 Å². The van der Waals surface area contributed by atoms with E-state index in [0.717, 1.165) is 4.90 Å². The number of imide groups is 1. The lowest BCUT2D eigenvalue weighted by Gasteiger charge is -2.18. The number of methoxy groups -OCH3 is 1. The first-order valence-electron chi connectivity index (χ1n) is 6.93. The Hall–Kier alpha value is -2.57. The standard InChI is InChI=1S/C15H18N2O5/c1-10(14(19)17-8-7-16-15(17)20)22-13(18)9-11-5-3-4-6-12(11)21-2/h3-6,10H,7-9H2,1-2H3,(H,16,20)/t10-/m1/s1. The van der Waals surface area contributed by atoms with Crippen LogP contribution in [0.1, 0.15) is 12.5 Å². The molecular formula is C15H18N2O5. The first kappa shape index (κ1) is 15.8. The number of urea groups is 1. The summed E-state index contributed by atoms with van der Waals surface area (Å²) in [5.41, 5.74) is 0.675. The second kappa shape index (κ2) is 6.93. The highest BCUT2D eigenvalue weighted by Gasteiger charge is 2.31. The van der Waals surface area contributed by atoms with E-state index in [0.29, 0.717) is 17.9 Å². The Morgan fingerprint density at radius 2 is 2.09 bits per heavy atom. The molecule has 3 amide bonds. The van der Waals surface area contributed by atoms with Gasteiger partial charge in [-0.15, -0.1) is 0 Å². The highest BCUT2D eigenvalue weighted by molar-refractivity contribution is 5.98. The van der Waals surface area contributed by atoms with Crippen LogP contribution in [0, 0.1) is 0 Å². The van der Waals surface area contributed by atoms with Gasteiger partial charge in [-0.2, -0.15) is 0 Å². The number of esters is 1. The van der Waals surface area contributed by atoms with Crippen LogP contribution in [0.4, 0.5) is 4.79 Å². The van der Waals surface area contributed by atoms with E-state index in [2.05, 4.69) is 5.32 Å². The number of rotatable bonds is 5. The summed E-state index contributed by atoms with van der Waals surface area (Å²) in [6, 6.07) is 6.62. The van der Waals surface area contributed by atoms with E-state index in [-0.39, 0.29) is 13.0 Å². The minimum Gasteiger partial charge on any atom is -0.496 e. The Labute approximate surface area is 128 Å². The monoisotopic (exact) mass is 306 g/mol. The van der Waals surface area contributed by atoms with Crippen molar-refractivity contribution in [3.63, 3.8) is 0 Å². The summed E-state index contributed by atoms with van der Waals surface area (Å²) in [5.74, 6) is -0.495. The number of hydrogen-bond acceptors (Lipinski definition) is 5. The van der Waals surface area contributed by atoms with E-state index in [1.807, 2.05) is 0 Å². The fourth-order valence-corrected chi connectivity index (χ4v) is 2.20. The van der Waals surface area contributed by atoms with Gasteiger partial charge in [0.05, 0.1) is 13.5 Å². The Morgan fingerprint density at radius 1 is 1.36 bits per heavy atom. The second-order valence-corrected chi connectivity index (χ2v) is 4.84. The van der Waals surface area contributed by atoms with Crippen LogP contribution in [0.25, 0.3) is 0 Å². The van der Waals surface area contributed by atoms with E-state index in [1.165, 1.54) is 14.0 Å². The van der Waals surface area contributed by atoms with Crippen LogP contribution >= 0.6 is 0 Å². The van der Waals surface area contributed by atoms with Crippen LogP contribution in [0.3, 0.4) is 0 Å². The molecule has 1 heterocycles. The van der Waals surface area contributed by atoms with E-state index >= 15 is 0 Å². The zero-order valence-corrected chi connectivity index (χ0v) is 12.5. The smallest absolute Gasteiger partial charge is 0.324 e. The number of benzene rings is 1. The van der Waals surface area contributed by atoms with Crippen LogP contribution in [-0.4, -0.2) is 49.1 Å². The van der Waals surface area contributed by atoms with Crippen molar-refractivity contribution in [2.24, 2.45) is 0 Å². The van der Waals surface area contributed by atoms with Crippen LogP contribution < -0.4 is 10.1 Å². The average Bonchev–Trinajstić information content (AvgIpc) is 2.93. The van der Waals surface area contributed by atoms with Gasteiger partial charge in [0.25, 0.3) is 5.91 Å². The second-order valence-electron chi connectivity index (χ2n) is 4.84. The number of carbonyl (C=O) groups is 3. The van der Waals surface area contributed by atoms with E-state index in [4.69, 9.17) is 9.47 Å². The van der Waals surface area contributed by atoms with Gasteiger partial charge in [0.2, 0.25) is 0 Å². The Balaban J connectivity index is 1.93. The maximum absolute atomic E-state index is 12.0. The largest absolute Gasteiger partial charge is 0.496 e. The summed E-state index contributed by atoms with van der Waals surface area (Å²) in [6.07, 6.45) is -1.01. The lowest BCUT2D eigenvalue weighted by atomic mass is 10.1. The number of nitrogens with zero attached hydrogens (tertiary/aromatic N) is 1. The van der Waals surface area contributed by atoms with E-state index in [1.54, 1.807) is 24.3 Å². The van der Waals surface area contributed by atoms with Gasteiger partial charge in [-0.1, -0.05) is 18.2 Å². The van der Waals surface area contributed by atoms with Crippen molar-refractivity contribution in [2.75, 3.05) is 20.2 Å². The molecule has 2 rings (SSSR count). The van der Waals surface area contributed by atoms with Gasteiger partial charge in [-0.05, 0) is 13.0 Å². The lowest BCUT2D eigenvalue weighted by Crippen LogP contribution is -2.42. The quantitative estimate of drug-likeness (QED) is 0.810. The van der Waals surface area contributed by atoms with Gasteiger partial charge >= 0.3 is 12.0 Å². The molecule has 118 valence electrons. The van der Waals surface area contributed by atoms with E-state index < -0.39 is 24.0 Å². The highest BCUT2D eigenvalue weighted by atomic mass is 16.5. The van der Waals surface area contributed by atoms with E-state index in [9.17, 15) is 14.4 Å². The van der Waals surface area contributed by atoms with Crippen molar-refractivity contribution in [2.45, 2.75) is 19.4 Å². The topological polar surface area (TPSA) is 84.9 Å². The number of nitrogens with one attached hydrogen (secondary N) is 1. The van der Waals surface area contributed by atoms with Gasteiger partial charge in [-0.3, -0.25) is 14.5 Å². The summed E-state index contributed by atoms with van der Waals surface area (Å²) >= 11 is 0. The molecule has 1 saturated heterocycles. The third-order valence-electron chi connectivity index (χ3n) is 3.31. The molecule has 0 radical (unpaired) electrons. The van der Waals surface area contributed by atoms with Crippen LogP contribution in [0.5, 0.6) is 5.75 Å². The van der Waals surface area contributed by atoms with Crippen molar-refractivity contribution in [1.82, 2.24) is 10.2 Å². The molecule has 7 heteroatoms. The fourth-order valence-electron chi connectivity index (χ4n) is 2.20. The van der Waals surface area contributed by atoms with Crippen molar-refractivity contribution in [3.05, 3.63) is 29.8 Å². The zero-order chi connectivity index (χ0) is 16.1. The molecule has 1 N–H and O–H groups in total. The number of amides is 3. The minimum atomic E-state index is -1.01. The number of carbonyl (C=O) groups excluding carboxylic acids is 3. The maximum Gasteiger partial charge on any atom is 0.324 e. The highest BCUT2D eigenvalue weighted by Crippen LogP contribution is 2.18. The van der Waals surface area contributed by atoms with Crippen molar-refractivity contribution in [3.8, 4) is 5.75 Å². The lowest BCUT2D eigenvalue weighted by molar-refractivity contribution is -0.156. The Kier molecular flexibility index (Phi) is 4.98. The fraction of sp³-hybridized carbons (Fsp3) is 0.400. The molecule has 0 aliphatic carbocycles. The molecule has 22 heavy (non-hydrogen) atoms. The number of ether oxygens (including phenoxy) is 2. The molecule has 0 bridgehead atoms. The Bertz CT molecular complexity index is 587. The SMILES string of the molecule is COc1ccccc1CC(=O)O[C@H](C)C(=O)N1CCNC1=O. The Morgan fingerprint density at radius 3 is 2.73 bits per heavy atom. The molecule has 1 aromatic rings. The number of para-hydroxylation sites is 1. The van der Waals surface area contributed by atoms with Gasteiger partial charge in [-0.25, -0.2) is 4.79 Å². The molecule has 1 aliphatic rings. The molecule has 0 aromatic heterocycles.